The first-order valence-corrected chi connectivity index (χ1v) is 3.56. The van der Waals surface area contributed by atoms with Gasteiger partial charge in [0.2, 0.25) is 0 Å². The minimum Gasteiger partial charge on any atom is -0.333 e. The third-order valence-corrected chi connectivity index (χ3v) is 1.01. The highest BCUT2D eigenvalue weighted by Gasteiger charge is 2.12. The first kappa shape index (κ1) is 8.04. The Labute approximate surface area is 66.0 Å². The van der Waals surface area contributed by atoms with Crippen molar-refractivity contribution in [2.24, 2.45) is 0 Å². The van der Waals surface area contributed by atoms with Gasteiger partial charge in [0.05, 0.1) is 0 Å². The molecule has 0 saturated heterocycles. The summed E-state index contributed by atoms with van der Waals surface area (Å²) in [7, 11) is 0. The molecule has 62 valence electrons. The van der Waals surface area contributed by atoms with Crippen LogP contribution >= 0.6 is 0 Å². The van der Waals surface area contributed by atoms with Crippen molar-refractivity contribution in [3.63, 3.8) is 0 Å². The largest absolute Gasteiger partial charge is 0.333 e. The maximum Gasteiger partial charge on any atom is 0.321 e. The van der Waals surface area contributed by atoms with Crippen molar-refractivity contribution in [2.75, 3.05) is 5.32 Å². The maximum absolute atomic E-state index is 4.87. The molecule has 0 bridgehead atoms. The molecule has 11 heavy (non-hydrogen) atoms. The molecule has 1 aromatic rings. The Morgan fingerprint density at radius 3 is 2.36 bits per heavy atom. The fraction of sp³-hybridized carbons (Fsp3) is 0.714. The van der Waals surface area contributed by atoms with Gasteiger partial charge >= 0.3 is 6.01 Å². The second-order valence-corrected chi connectivity index (χ2v) is 3.52. The third kappa shape index (κ3) is 2.57. The molecule has 4 nitrogen and oxygen atoms in total. The lowest BCUT2D eigenvalue weighted by Crippen LogP contribution is -2.26. The molecule has 0 atom stereocenters. The van der Waals surface area contributed by atoms with E-state index in [9.17, 15) is 0 Å². The molecule has 0 spiro atoms. The lowest BCUT2D eigenvalue weighted by Gasteiger charge is -2.17. The lowest BCUT2D eigenvalue weighted by molar-refractivity contribution is 0.415. The van der Waals surface area contributed by atoms with E-state index in [0.717, 1.165) is 0 Å². The summed E-state index contributed by atoms with van der Waals surface area (Å²) in [5.41, 5.74) is -0.0288. The van der Waals surface area contributed by atoms with Gasteiger partial charge in [-0.3, -0.25) is 0 Å². The van der Waals surface area contributed by atoms with Crippen LogP contribution in [0.2, 0.25) is 0 Å². The maximum atomic E-state index is 4.87. The number of rotatable bonds is 1. The van der Waals surface area contributed by atoms with Crippen molar-refractivity contribution in [1.29, 1.82) is 0 Å². The SMILES string of the molecule is Cc1noc(NC(C)(C)C)n1. The van der Waals surface area contributed by atoms with Crippen molar-refractivity contribution in [1.82, 2.24) is 10.1 Å². The Morgan fingerprint density at radius 1 is 1.36 bits per heavy atom. The molecule has 0 unspecified atom stereocenters. The summed E-state index contributed by atoms with van der Waals surface area (Å²) in [6, 6.07) is 0.481. The van der Waals surface area contributed by atoms with Crippen LogP contribution < -0.4 is 5.32 Å². The summed E-state index contributed by atoms with van der Waals surface area (Å²) in [5, 5.41) is 6.71. The Balaban J connectivity index is 2.65. The zero-order chi connectivity index (χ0) is 8.48. The van der Waals surface area contributed by atoms with Gasteiger partial charge in [0.15, 0.2) is 5.82 Å². The molecule has 1 heterocycles. The van der Waals surface area contributed by atoms with E-state index in [-0.39, 0.29) is 5.54 Å². The number of anilines is 1. The van der Waals surface area contributed by atoms with Crippen LogP contribution in [0.1, 0.15) is 26.6 Å². The minimum atomic E-state index is -0.0288. The lowest BCUT2D eigenvalue weighted by atomic mass is 10.1. The first-order chi connectivity index (χ1) is 4.97. The molecule has 4 heteroatoms. The number of aryl methyl sites for hydroxylation is 1. The summed E-state index contributed by atoms with van der Waals surface area (Å²) in [6.07, 6.45) is 0. The van der Waals surface area contributed by atoms with Crippen LogP contribution in [0.25, 0.3) is 0 Å². The van der Waals surface area contributed by atoms with Crippen molar-refractivity contribution < 1.29 is 4.52 Å². The van der Waals surface area contributed by atoms with Gasteiger partial charge in [-0.2, -0.15) is 4.98 Å². The molecule has 0 saturated carbocycles. The highest BCUT2D eigenvalue weighted by Crippen LogP contribution is 2.10. The summed E-state index contributed by atoms with van der Waals surface area (Å²) in [5.74, 6) is 0.650. The van der Waals surface area contributed by atoms with Crippen molar-refractivity contribution in [2.45, 2.75) is 33.2 Å². The Kier molecular flexibility index (Phi) is 1.85. The van der Waals surface area contributed by atoms with Crippen molar-refractivity contribution in [3.8, 4) is 0 Å². The molecule has 1 aromatic heterocycles. The molecule has 1 N–H and O–H groups in total. The standard InChI is InChI=1S/C7H13N3O/c1-5-8-6(11-10-5)9-7(2,3)4/h1-4H3,(H,8,9,10). The second kappa shape index (κ2) is 2.53. The van der Waals surface area contributed by atoms with Gasteiger partial charge in [-0.25, -0.2) is 0 Å². The topological polar surface area (TPSA) is 51.0 Å². The van der Waals surface area contributed by atoms with Crippen molar-refractivity contribution in [3.05, 3.63) is 5.82 Å². The van der Waals surface area contributed by atoms with E-state index in [4.69, 9.17) is 4.52 Å². The Bertz CT molecular complexity index is 236. The second-order valence-electron chi connectivity index (χ2n) is 3.52. The summed E-state index contributed by atoms with van der Waals surface area (Å²) < 4.78 is 4.87. The molecule has 1 rings (SSSR count). The normalized spacial score (nSPS) is 11.6. The van der Waals surface area contributed by atoms with Crippen LogP contribution in [0.3, 0.4) is 0 Å². The quantitative estimate of drug-likeness (QED) is 0.669. The first-order valence-electron chi connectivity index (χ1n) is 3.56. The van der Waals surface area contributed by atoms with E-state index in [1.54, 1.807) is 6.92 Å². The van der Waals surface area contributed by atoms with Gasteiger partial charge in [-0.15, -0.1) is 0 Å². The van der Waals surface area contributed by atoms with Crippen molar-refractivity contribution >= 4 is 6.01 Å². The van der Waals surface area contributed by atoms with Crippen LogP contribution in [-0.4, -0.2) is 15.7 Å². The molecule has 0 amide bonds. The average molecular weight is 155 g/mol. The molecule has 0 aromatic carbocycles. The number of nitrogens with zero attached hydrogens (tertiary/aromatic N) is 2. The van der Waals surface area contributed by atoms with Gasteiger partial charge in [-0.1, -0.05) is 5.16 Å². The molecular weight excluding hydrogens is 142 g/mol. The highest BCUT2D eigenvalue weighted by atomic mass is 16.5. The monoisotopic (exact) mass is 155 g/mol. The third-order valence-electron chi connectivity index (χ3n) is 1.01. The van der Waals surface area contributed by atoms with E-state index in [0.29, 0.717) is 11.8 Å². The molecule has 0 fully saturated rings. The van der Waals surface area contributed by atoms with E-state index in [1.807, 2.05) is 20.8 Å². The van der Waals surface area contributed by atoms with Crippen LogP contribution in [0.5, 0.6) is 0 Å². The van der Waals surface area contributed by atoms with Crippen LogP contribution in [0.4, 0.5) is 6.01 Å². The van der Waals surface area contributed by atoms with Gasteiger partial charge in [-0.05, 0) is 27.7 Å². The zero-order valence-electron chi connectivity index (χ0n) is 7.30. The zero-order valence-corrected chi connectivity index (χ0v) is 7.30. The summed E-state index contributed by atoms with van der Waals surface area (Å²) >= 11 is 0. The van der Waals surface area contributed by atoms with Crippen LogP contribution in [0, 0.1) is 6.92 Å². The average Bonchev–Trinajstić information content (AvgIpc) is 2.10. The van der Waals surface area contributed by atoms with E-state index < -0.39 is 0 Å². The van der Waals surface area contributed by atoms with E-state index in [2.05, 4.69) is 15.5 Å². The number of nitrogens with one attached hydrogen (secondary N) is 1. The number of hydrogen-bond acceptors (Lipinski definition) is 4. The Morgan fingerprint density at radius 2 is 2.00 bits per heavy atom. The predicted molar refractivity (Wildman–Crippen MR) is 42.4 cm³/mol. The highest BCUT2D eigenvalue weighted by molar-refractivity contribution is 5.22. The minimum absolute atomic E-state index is 0.0288. The van der Waals surface area contributed by atoms with Gasteiger partial charge < -0.3 is 9.84 Å². The molecular formula is C7H13N3O. The smallest absolute Gasteiger partial charge is 0.321 e. The fourth-order valence-corrected chi connectivity index (χ4v) is 0.669. The van der Waals surface area contributed by atoms with Gasteiger partial charge in [0, 0.05) is 5.54 Å². The van der Waals surface area contributed by atoms with E-state index >= 15 is 0 Å². The van der Waals surface area contributed by atoms with E-state index in [1.165, 1.54) is 0 Å². The Hall–Kier alpha value is -1.06. The molecule has 0 aliphatic rings. The molecule has 0 aliphatic heterocycles. The predicted octanol–water partition coefficient (Wildman–Crippen LogP) is 1.59. The number of hydrogen-bond donors (Lipinski definition) is 1. The van der Waals surface area contributed by atoms with Gasteiger partial charge in [0.1, 0.15) is 0 Å². The summed E-state index contributed by atoms with van der Waals surface area (Å²) in [4.78, 5) is 4.01. The van der Waals surface area contributed by atoms with Gasteiger partial charge in [0.25, 0.3) is 0 Å². The van der Waals surface area contributed by atoms with Crippen LogP contribution in [0.15, 0.2) is 4.52 Å². The molecule has 0 aliphatic carbocycles. The number of aromatic nitrogens is 2. The molecule has 0 radical (unpaired) electrons. The summed E-state index contributed by atoms with van der Waals surface area (Å²) in [6.45, 7) is 7.89. The van der Waals surface area contributed by atoms with Crippen LogP contribution in [-0.2, 0) is 0 Å². The fourth-order valence-electron chi connectivity index (χ4n) is 0.669.